The van der Waals surface area contributed by atoms with E-state index in [0.717, 1.165) is 18.5 Å². The quantitative estimate of drug-likeness (QED) is 0.771. The molecule has 1 aromatic carbocycles. The van der Waals surface area contributed by atoms with Crippen LogP contribution in [0.4, 0.5) is 17.6 Å². The highest BCUT2D eigenvalue weighted by molar-refractivity contribution is 5.23. The molecule has 8 heteroatoms. The van der Waals surface area contributed by atoms with Crippen molar-refractivity contribution >= 4 is 0 Å². The van der Waals surface area contributed by atoms with Crippen molar-refractivity contribution in [1.29, 1.82) is 0 Å². The van der Waals surface area contributed by atoms with E-state index in [-0.39, 0.29) is 31.0 Å². The molecular weight excluding hydrogens is 304 g/mol. The van der Waals surface area contributed by atoms with Crippen LogP contribution in [0.5, 0.6) is 0 Å². The highest BCUT2D eigenvalue weighted by atomic mass is 19.3. The number of hydrogen-bond acceptors (Lipinski definition) is 4. The van der Waals surface area contributed by atoms with Gasteiger partial charge in [-0.3, -0.25) is 0 Å². The number of halogens is 4. The summed E-state index contributed by atoms with van der Waals surface area (Å²) in [6.07, 6.45) is -1.86. The number of hydrogen-bond donors (Lipinski definition) is 2. The van der Waals surface area contributed by atoms with Crippen LogP contribution in [0.25, 0.3) is 0 Å². The summed E-state index contributed by atoms with van der Waals surface area (Å²) in [5.41, 5.74) is 0.192. The number of oxazole rings is 1. The van der Waals surface area contributed by atoms with Crippen LogP contribution in [-0.4, -0.2) is 23.2 Å². The summed E-state index contributed by atoms with van der Waals surface area (Å²) >= 11 is 0. The minimum Gasteiger partial charge on any atom is -0.442 e. The fourth-order valence-electron chi connectivity index (χ4n) is 2.06. The predicted octanol–water partition coefficient (Wildman–Crippen LogP) is 2.76. The first-order valence-corrected chi connectivity index (χ1v) is 6.49. The standard InChI is InChI=1S/C14H14F4N2O2/c15-9-1-2-10(11(16)3-9)8(6-21)4-19-5-12-13(14(17)18)22-7-20-12/h1-3,7-8,14,19,21H,4-6H2. The summed E-state index contributed by atoms with van der Waals surface area (Å²) in [7, 11) is 0. The van der Waals surface area contributed by atoms with Crippen molar-refractivity contribution in [2.75, 3.05) is 13.2 Å². The lowest BCUT2D eigenvalue weighted by atomic mass is 9.99. The van der Waals surface area contributed by atoms with E-state index in [1.807, 2.05) is 0 Å². The third-order valence-corrected chi connectivity index (χ3v) is 3.18. The van der Waals surface area contributed by atoms with Gasteiger partial charge >= 0.3 is 0 Å². The molecule has 2 aromatic rings. The molecule has 2 rings (SSSR count). The molecule has 4 nitrogen and oxygen atoms in total. The maximum absolute atomic E-state index is 13.7. The highest BCUT2D eigenvalue weighted by Gasteiger charge is 2.19. The maximum Gasteiger partial charge on any atom is 0.297 e. The molecule has 1 aromatic heterocycles. The first kappa shape index (κ1) is 16.4. The lowest BCUT2D eigenvalue weighted by Gasteiger charge is -2.16. The first-order chi connectivity index (χ1) is 10.5. The third kappa shape index (κ3) is 3.83. The van der Waals surface area contributed by atoms with E-state index in [4.69, 9.17) is 0 Å². The summed E-state index contributed by atoms with van der Waals surface area (Å²) < 4.78 is 56.3. The molecule has 1 unspecified atom stereocenters. The SMILES string of the molecule is OCC(CNCc1ncoc1C(F)F)c1ccc(F)cc1F. The molecule has 0 aliphatic heterocycles. The van der Waals surface area contributed by atoms with Gasteiger partial charge < -0.3 is 14.8 Å². The highest BCUT2D eigenvalue weighted by Crippen LogP contribution is 2.22. The number of rotatable bonds is 7. The first-order valence-electron chi connectivity index (χ1n) is 6.49. The van der Waals surface area contributed by atoms with Crippen LogP contribution in [0, 0.1) is 11.6 Å². The fraction of sp³-hybridized carbons (Fsp3) is 0.357. The fourth-order valence-corrected chi connectivity index (χ4v) is 2.06. The van der Waals surface area contributed by atoms with E-state index in [1.165, 1.54) is 6.07 Å². The van der Waals surface area contributed by atoms with Crippen molar-refractivity contribution in [3.05, 3.63) is 53.2 Å². The van der Waals surface area contributed by atoms with Gasteiger partial charge in [0.05, 0.1) is 6.61 Å². The van der Waals surface area contributed by atoms with Gasteiger partial charge in [-0.15, -0.1) is 0 Å². The lowest BCUT2D eigenvalue weighted by Crippen LogP contribution is -2.24. The smallest absolute Gasteiger partial charge is 0.297 e. The monoisotopic (exact) mass is 318 g/mol. The molecule has 0 radical (unpaired) electrons. The van der Waals surface area contributed by atoms with E-state index in [0.29, 0.717) is 0 Å². The number of alkyl halides is 2. The molecule has 2 N–H and O–H groups in total. The predicted molar refractivity (Wildman–Crippen MR) is 69.4 cm³/mol. The minimum absolute atomic E-state index is 0.0184. The van der Waals surface area contributed by atoms with Crippen LogP contribution in [-0.2, 0) is 6.54 Å². The molecule has 0 spiro atoms. The Labute approximate surface area is 123 Å². The Morgan fingerprint density at radius 3 is 2.68 bits per heavy atom. The second-order valence-corrected chi connectivity index (χ2v) is 4.64. The second kappa shape index (κ2) is 7.37. The Kier molecular flexibility index (Phi) is 5.51. The second-order valence-electron chi connectivity index (χ2n) is 4.64. The number of nitrogens with zero attached hydrogens (tertiary/aromatic N) is 1. The van der Waals surface area contributed by atoms with Crippen LogP contribution in [0.3, 0.4) is 0 Å². The Morgan fingerprint density at radius 2 is 2.05 bits per heavy atom. The number of benzene rings is 1. The summed E-state index contributed by atoms with van der Waals surface area (Å²) in [5, 5.41) is 12.1. The van der Waals surface area contributed by atoms with Gasteiger partial charge in [0, 0.05) is 25.1 Å². The van der Waals surface area contributed by atoms with E-state index in [9.17, 15) is 22.7 Å². The van der Waals surface area contributed by atoms with Gasteiger partial charge in [-0.2, -0.15) is 0 Å². The van der Waals surface area contributed by atoms with Gasteiger partial charge in [0.25, 0.3) is 6.43 Å². The molecule has 0 amide bonds. The van der Waals surface area contributed by atoms with Crippen LogP contribution >= 0.6 is 0 Å². The van der Waals surface area contributed by atoms with Crippen molar-refractivity contribution in [1.82, 2.24) is 10.3 Å². The minimum atomic E-state index is -2.78. The average Bonchev–Trinajstić information content (AvgIpc) is 2.93. The summed E-state index contributed by atoms with van der Waals surface area (Å²) in [6.45, 7) is -0.292. The van der Waals surface area contributed by atoms with E-state index in [2.05, 4.69) is 14.7 Å². The molecule has 0 fully saturated rings. The third-order valence-electron chi connectivity index (χ3n) is 3.18. The van der Waals surface area contributed by atoms with E-state index >= 15 is 0 Å². The summed E-state index contributed by atoms with van der Waals surface area (Å²) in [4.78, 5) is 3.67. The normalized spacial score (nSPS) is 12.8. The van der Waals surface area contributed by atoms with Gasteiger partial charge in [0.2, 0.25) is 0 Å². The summed E-state index contributed by atoms with van der Waals surface area (Å²) in [6, 6.07) is 3.06. The van der Waals surface area contributed by atoms with Gasteiger partial charge in [-0.25, -0.2) is 22.5 Å². The van der Waals surface area contributed by atoms with Gasteiger partial charge in [-0.05, 0) is 11.6 Å². The van der Waals surface area contributed by atoms with Gasteiger partial charge in [0.1, 0.15) is 17.3 Å². The van der Waals surface area contributed by atoms with Crippen molar-refractivity contribution in [2.24, 2.45) is 0 Å². The van der Waals surface area contributed by atoms with Crippen LogP contribution in [0.15, 0.2) is 29.0 Å². The maximum atomic E-state index is 13.7. The largest absolute Gasteiger partial charge is 0.442 e. The molecule has 0 aliphatic rings. The molecule has 0 saturated heterocycles. The molecular formula is C14H14F4N2O2. The van der Waals surface area contributed by atoms with Crippen LogP contribution in [0.2, 0.25) is 0 Å². The van der Waals surface area contributed by atoms with Crippen molar-refractivity contribution in [2.45, 2.75) is 18.9 Å². The lowest BCUT2D eigenvalue weighted by molar-refractivity contribution is 0.120. The number of aromatic nitrogens is 1. The Balaban J connectivity index is 1.98. The molecule has 0 bridgehead atoms. The van der Waals surface area contributed by atoms with Gasteiger partial charge in [-0.1, -0.05) is 6.07 Å². The van der Waals surface area contributed by atoms with E-state index in [1.54, 1.807) is 0 Å². The molecule has 0 aliphatic carbocycles. The van der Waals surface area contributed by atoms with Crippen LogP contribution in [0.1, 0.15) is 29.4 Å². The average molecular weight is 318 g/mol. The molecule has 1 atom stereocenters. The molecule has 22 heavy (non-hydrogen) atoms. The summed E-state index contributed by atoms with van der Waals surface area (Å²) in [5.74, 6) is -2.64. The topological polar surface area (TPSA) is 58.3 Å². The molecule has 0 saturated carbocycles. The number of aliphatic hydroxyl groups excluding tert-OH is 1. The number of nitrogens with one attached hydrogen (secondary N) is 1. The Morgan fingerprint density at radius 1 is 1.27 bits per heavy atom. The molecule has 1 heterocycles. The Bertz CT molecular complexity index is 619. The van der Waals surface area contributed by atoms with Crippen molar-refractivity contribution < 1.29 is 27.1 Å². The zero-order chi connectivity index (χ0) is 16.1. The zero-order valence-electron chi connectivity index (χ0n) is 11.4. The van der Waals surface area contributed by atoms with Crippen molar-refractivity contribution in [3.8, 4) is 0 Å². The molecule has 120 valence electrons. The number of aliphatic hydroxyl groups is 1. The zero-order valence-corrected chi connectivity index (χ0v) is 11.4. The van der Waals surface area contributed by atoms with Crippen LogP contribution < -0.4 is 5.32 Å². The van der Waals surface area contributed by atoms with E-state index < -0.39 is 29.7 Å². The van der Waals surface area contributed by atoms with Gasteiger partial charge in [0.15, 0.2) is 12.2 Å². The Hall–Kier alpha value is -1.93. The van der Waals surface area contributed by atoms with Crippen molar-refractivity contribution in [3.63, 3.8) is 0 Å².